The van der Waals surface area contributed by atoms with Gasteiger partial charge in [0.1, 0.15) is 0 Å². The molecule has 2 atom stereocenters. The molecule has 1 aromatic rings. The van der Waals surface area contributed by atoms with Crippen molar-refractivity contribution in [3.8, 4) is 0 Å². The highest BCUT2D eigenvalue weighted by molar-refractivity contribution is 6.33. The molecule has 5 heteroatoms. The van der Waals surface area contributed by atoms with Gasteiger partial charge in [0.15, 0.2) is 0 Å². The minimum Gasteiger partial charge on any atom is -0.389 e. The van der Waals surface area contributed by atoms with Crippen LogP contribution in [0, 0.1) is 0 Å². The largest absolute Gasteiger partial charge is 0.389 e. The van der Waals surface area contributed by atoms with E-state index >= 15 is 0 Å². The molecule has 0 bridgehead atoms. The van der Waals surface area contributed by atoms with Crippen molar-refractivity contribution < 1.29 is 10.2 Å². The summed E-state index contributed by atoms with van der Waals surface area (Å²) in [5, 5.41) is 19.6. The number of para-hydroxylation sites is 1. The maximum atomic E-state index is 9.52. The number of aliphatic hydroxyl groups excluding tert-OH is 2. The Hall–Kier alpha value is -0.810. The molecular formula is C11H15ClN2O2. The lowest BCUT2D eigenvalue weighted by atomic mass is 10.1. The Morgan fingerprint density at radius 1 is 1.31 bits per heavy atom. The second-order valence-electron chi connectivity index (χ2n) is 3.99. The summed E-state index contributed by atoms with van der Waals surface area (Å²) in [5.41, 5.74) is 7.39. The van der Waals surface area contributed by atoms with E-state index in [2.05, 4.69) is 0 Å². The van der Waals surface area contributed by atoms with Gasteiger partial charge < -0.3 is 20.8 Å². The van der Waals surface area contributed by atoms with Gasteiger partial charge in [0.05, 0.1) is 22.9 Å². The number of rotatable bonds is 2. The fourth-order valence-corrected chi connectivity index (χ4v) is 2.34. The molecule has 88 valence electrons. The standard InChI is InChI=1S/C11H15ClN2O2/c12-8-3-1-2-7(4-13)11(8)14-5-9(15)10(16)6-14/h1-3,9-10,15-16H,4-6,13H2. The third kappa shape index (κ3) is 2.01. The number of benzene rings is 1. The zero-order valence-electron chi connectivity index (χ0n) is 8.81. The molecule has 1 aromatic carbocycles. The minimum absolute atomic E-state index is 0.387. The van der Waals surface area contributed by atoms with Crippen molar-refractivity contribution in [1.29, 1.82) is 0 Å². The lowest BCUT2D eigenvalue weighted by Crippen LogP contribution is -2.23. The predicted octanol–water partition coefficient (Wildman–Crippen LogP) is 0.340. The van der Waals surface area contributed by atoms with Crippen LogP contribution in [-0.2, 0) is 6.54 Å². The van der Waals surface area contributed by atoms with Crippen LogP contribution in [0.2, 0.25) is 5.02 Å². The quantitative estimate of drug-likeness (QED) is 0.700. The Morgan fingerprint density at radius 3 is 2.50 bits per heavy atom. The monoisotopic (exact) mass is 242 g/mol. The van der Waals surface area contributed by atoms with Crippen molar-refractivity contribution >= 4 is 17.3 Å². The summed E-state index contributed by atoms with van der Waals surface area (Å²) in [5.74, 6) is 0. The number of anilines is 1. The van der Waals surface area contributed by atoms with Crippen LogP contribution in [0.4, 0.5) is 5.69 Å². The van der Waals surface area contributed by atoms with Crippen molar-refractivity contribution in [2.75, 3.05) is 18.0 Å². The molecule has 2 unspecified atom stereocenters. The van der Waals surface area contributed by atoms with E-state index in [9.17, 15) is 10.2 Å². The number of hydrogen-bond acceptors (Lipinski definition) is 4. The van der Waals surface area contributed by atoms with Gasteiger partial charge in [0.25, 0.3) is 0 Å². The van der Waals surface area contributed by atoms with Crippen LogP contribution in [0.3, 0.4) is 0 Å². The molecule has 0 spiro atoms. The molecule has 1 heterocycles. The van der Waals surface area contributed by atoms with Crippen molar-refractivity contribution in [3.63, 3.8) is 0 Å². The number of nitrogens with two attached hydrogens (primary N) is 1. The van der Waals surface area contributed by atoms with Gasteiger partial charge >= 0.3 is 0 Å². The van der Waals surface area contributed by atoms with Crippen LogP contribution in [0.1, 0.15) is 5.56 Å². The second kappa shape index (κ2) is 4.59. The van der Waals surface area contributed by atoms with Crippen molar-refractivity contribution in [2.45, 2.75) is 18.8 Å². The van der Waals surface area contributed by atoms with Gasteiger partial charge in [-0.1, -0.05) is 23.7 Å². The molecule has 0 aromatic heterocycles. The Morgan fingerprint density at radius 2 is 1.94 bits per heavy atom. The molecule has 1 saturated heterocycles. The molecule has 0 saturated carbocycles. The molecule has 2 rings (SSSR count). The van der Waals surface area contributed by atoms with Crippen LogP contribution < -0.4 is 10.6 Å². The number of aliphatic hydroxyl groups is 2. The molecule has 4 nitrogen and oxygen atoms in total. The van der Waals surface area contributed by atoms with Crippen LogP contribution in [0.5, 0.6) is 0 Å². The van der Waals surface area contributed by atoms with E-state index in [0.717, 1.165) is 11.3 Å². The molecule has 0 aliphatic carbocycles. The van der Waals surface area contributed by atoms with Crippen LogP contribution in [-0.4, -0.2) is 35.5 Å². The third-order valence-electron chi connectivity index (χ3n) is 2.87. The van der Waals surface area contributed by atoms with Crippen molar-refractivity contribution in [3.05, 3.63) is 28.8 Å². The van der Waals surface area contributed by atoms with Gasteiger partial charge in [0.2, 0.25) is 0 Å². The molecule has 0 amide bonds. The van der Waals surface area contributed by atoms with Gasteiger partial charge in [-0.15, -0.1) is 0 Å². The molecule has 16 heavy (non-hydrogen) atoms. The van der Waals surface area contributed by atoms with E-state index < -0.39 is 12.2 Å². The summed E-state index contributed by atoms with van der Waals surface area (Å²) < 4.78 is 0. The molecule has 4 N–H and O–H groups in total. The fourth-order valence-electron chi connectivity index (χ4n) is 2.03. The van der Waals surface area contributed by atoms with E-state index in [4.69, 9.17) is 17.3 Å². The highest BCUT2D eigenvalue weighted by atomic mass is 35.5. The minimum atomic E-state index is -0.720. The average Bonchev–Trinajstić information content (AvgIpc) is 2.58. The van der Waals surface area contributed by atoms with Crippen molar-refractivity contribution in [1.82, 2.24) is 0 Å². The molecule has 1 fully saturated rings. The zero-order valence-corrected chi connectivity index (χ0v) is 9.56. The van der Waals surface area contributed by atoms with Crippen LogP contribution in [0.15, 0.2) is 18.2 Å². The SMILES string of the molecule is NCc1cccc(Cl)c1N1CC(O)C(O)C1. The van der Waals surface area contributed by atoms with Crippen molar-refractivity contribution in [2.24, 2.45) is 5.73 Å². The molecule has 0 radical (unpaired) electrons. The number of β-amino-alcohol motifs (C(OH)–C–C–N with tert-alkyl or cyclic N) is 2. The first kappa shape index (κ1) is 11.7. The van der Waals surface area contributed by atoms with Gasteiger partial charge in [-0.05, 0) is 11.6 Å². The Kier molecular flexibility index (Phi) is 3.35. The first-order chi connectivity index (χ1) is 7.63. The Labute approximate surface area is 99.2 Å². The maximum absolute atomic E-state index is 9.52. The van der Waals surface area contributed by atoms with Gasteiger partial charge in [-0.2, -0.15) is 0 Å². The summed E-state index contributed by atoms with van der Waals surface area (Å²) >= 11 is 6.12. The first-order valence-electron chi connectivity index (χ1n) is 5.22. The van der Waals surface area contributed by atoms with E-state index in [-0.39, 0.29) is 0 Å². The Bertz CT molecular complexity index is 376. The zero-order chi connectivity index (χ0) is 11.7. The highest BCUT2D eigenvalue weighted by Crippen LogP contribution is 2.32. The number of nitrogens with zero attached hydrogens (tertiary/aromatic N) is 1. The summed E-state index contributed by atoms with van der Waals surface area (Å²) in [4.78, 5) is 1.87. The summed E-state index contributed by atoms with van der Waals surface area (Å²) in [6, 6.07) is 5.53. The average molecular weight is 243 g/mol. The van der Waals surface area contributed by atoms with Crippen LogP contribution >= 0.6 is 11.6 Å². The van der Waals surface area contributed by atoms with Gasteiger partial charge in [-0.3, -0.25) is 0 Å². The maximum Gasteiger partial charge on any atom is 0.0990 e. The van der Waals surface area contributed by atoms with Gasteiger partial charge in [-0.25, -0.2) is 0 Å². The topological polar surface area (TPSA) is 69.7 Å². The predicted molar refractivity (Wildman–Crippen MR) is 63.6 cm³/mol. The van der Waals surface area contributed by atoms with E-state index in [1.807, 2.05) is 17.0 Å². The first-order valence-corrected chi connectivity index (χ1v) is 5.60. The molecule has 1 aliphatic rings. The second-order valence-corrected chi connectivity index (χ2v) is 4.40. The number of hydrogen-bond donors (Lipinski definition) is 3. The fraction of sp³-hybridized carbons (Fsp3) is 0.455. The van der Waals surface area contributed by atoms with Gasteiger partial charge in [0, 0.05) is 19.6 Å². The Balaban J connectivity index is 2.33. The van der Waals surface area contributed by atoms with E-state index in [0.29, 0.717) is 24.7 Å². The number of halogens is 1. The third-order valence-corrected chi connectivity index (χ3v) is 3.17. The highest BCUT2D eigenvalue weighted by Gasteiger charge is 2.31. The summed E-state index contributed by atoms with van der Waals surface area (Å²) in [7, 11) is 0. The summed E-state index contributed by atoms with van der Waals surface area (Å²) in [6.45, 7) is 1.16. The van der Waals surface area contributed by atoms with E-state index in [1.54, 1.807) is 6.07 Å². The van der Waals surface area contributed by atoms with Crippen LogP contribution in [0.25, 0.3) is 0 Å². The normalized spacial score (nSPS) is 25.1. The molecular weight excluding hydrogens is 228 g/mol. The van der Waals surface area contributed by atoms with E-state index in [1.165, 1.54) is 0 Å². The summed E-state index contributed by atoms with van der Waals surface area (Å²) in [6.07, 6.45) is -1.44. The lowest BCUT2D eigenvalue weighted by molar-refractivity contribution is 0.0572. The molecule has 1 aliphatic heterocycles. The smallest absolute Gasteiger partial charge is 0.0990 e. The lowest BCUT2D eigenvalue weighted by Gasteiger charge is -2.22.